The van der Waals surface area contributed by atoms with Crippen LogP contribution in [0.15, 0.2) is 67.3 Å². The topological polar surface area (TPSA) is 59.4 Å². The first-order chi connectivity index (χ1) is 16.9. The van der Waals surface area contributed by atoms with Crippen LogP contribution in [0.5, 0.6) is 0 Å². The minimum absolute atomic E-state index is 0.287. The summed E-state index contributed by atoms with van der Waals surface area (Å²) in [6.07, 6.45) is 5.27. The summed E-state index contributed by atoms with van der Waals surface area (Å²) >= 11 is 0. The van der Waals surface area contributed by atoms with Crippen LogP contribution in [0.4, 0.5) is 13.2 Å². The van der Waals surface area contributed by atoms with Crippen molar-refractivity contribution in [3.8, 4) is 22.6 Å². The SMILES string of the molecule is Cn1cc(C(F)(F)F)nc1-c1ccc(Cc2c[nH]c3cnc(-c4cccnc4C4CC4)cc23)cc1. The molecule has 0 bridgehead atoms. The van der Waals surface area contributed by atoms with Gasteiger partial charge in [-0.15, -0.1) is 0 Å². The molecule has 0 amide bonds. The summed E-state index contributed by atoms with van der Waals surface area (Å²) in [6, 6.07) is 13.7. The van der Waals surface area contributed by atoms with E-state index < -0.39 is 11.9 Å². The number of imidazole rings is 1. The zero-order valence-corrected chi connectivity index (χ0v) is 19.0. The van der Waals surface area contributed by atoms with Gasteiger partial charge in [-0.2, -0.15) is 13.2 Å². The van der Waals surface area contributed by atoms with Gasteiger partial charge in [0.25, 0.3) is 0 Å². The molecule has 0 radical (unpaired) electrons. The summed E-state index contributed by atoms with van der Waals surface area (Å²) in [6.45, 7) is 0. The molecule has 5 aromatic rings. The van der Waals surface area contributed by atoms with Gasteiger partial charge < -0.3 is 9.55 Å². The highest BCUT2D eigenvalue weighted by atomic mass is 19.4. The van der Waals surface area contributed by atoms with Crippen LogP contribution in [0.25, 0.3) is 33.5 Å². The van der Waals surface area contributed by atoms with Crippen molar-refractivity contribution in [1.82, 2.24) is 24.5 Å². The molecule has 176 valence electrons. The van der Waals surface area contributed by atoms with Crippen molar-refractivity contribution in [2.45, 2.75) is 31.4 Å². The zero-order chi connectivity index (χ0) is 24.2. The summed E-state index contributed by atoms with van der Waals surface area (Å²) in [5, 5.41) is 1.10. The van der Waals surface area contributed by atoms with Crippen molar-refractivity contribution in [3.63, 3.8) is 0 Å². The third kappa shape index (κ3) is 4.09. The molecule has 1 aliphatic carbocycles. The lowest BCUT2D eigenvalue weighted by Gasteiger charge is -2.08. The fraction of sp³-hybridized carbons (Fsp3) is 0.222. The number of nitrogens with zero attached hydrogens (tertiary/aromatic N) is 4. The second-order valence-electron chi connectivity index (χ2n) is 9.07. The smallest absolute Gasteiger partial charge is 0.360 e. The number of pyridine rings is 2. The van der Waals surface area contributed by atoms with E-state index in [4.69, 9.17) is 0 Å². The average molecular weight is 474 g/mol. The Bertz CT molecular complexity index is 1530. The fourth-order valence-electron chi connectivity index (χ4n) is 4.55. The summed E-state index contributed by atoms with van der Waals surface area (Å²) in [4.78, 5) is 16.4. The molecular weight excluding hydrogens is 451 g/mol. The van der Waals surface area contributed by atoms with Gasteiger partial charge in [0.05, 0.1) is 23.1 Å². The Morgan fingerprint density at radius 2 is 1.89 bits per heavy atom. The standard InChI is InChI=1S/C27H22F3N5/c1-35-15-24(27(28,29)30)34-26(35)18-6-4-16(5-7-18)11-19-13-32-23-14-33-22(12-21(19)23)20-3-2-10-31-25(20)17-8-9-17/h2-7,10,12-15,17,32H,8-9,11H2,1H3. The van der Waals surface area contributed by atoms with E-state index in [2.05, 4.69) is 32.1 Å². The van der Waals surface area contributed by atoms with Crippen LogP contribution in [0.2, 0.25) is 0 Å². The highest BCUT2D eigenvalue weighted by Gasteiger charge is 2.34. The van der Waals surface area contributed by atoms with E-state index in [1.807, 2.05) is 48.9 Å². The molecule has 1 aliphatic rings. The Balaban J connectivity index is 1.29. The number of H-pyrrole nitrogens is 1. The van der Waals surface area contributed by atoms with Crippen LogP contribution in [0.1, 0.15) is 41.3 Å². The van der Waals surface area contributed by atoms with E-state index in [-0.39, 0.29) is 5.82 Å². The molecule has 0 aliphatic heterocycles. The van der Waals surface area contributed by atoms with Crippen LogP contribution in [-0.2, 0) is 19.6 Å². The molecule has 0 saturated heterocycles. The van der Waals surface area contributed by atoms with Crippen LogP contribution in [0.3, 0.4) is 0 Å². The number of halogens is 3. The van der Waals surface area contributed by atoms with E-state index in [9.17, 15) is 13.2 Å². The normalized spacial score (nSPS) is 14.1. The fourth-order valence-corrected chi connectivity index (χ4v) is 4.55. The predicted molar refractivity (Wildman–Crippen MR) is 128 cm³/mol. The van der Waals surface area contributed by atoms with Gasteiger partial charge in [-0.3, -0.25) is 9.97 Å². The number of nitrogens with one attached hydrogen (secondary N) is 1. The first kappa shape index (κ1) is 21.6. The van der Waals surface area contributed by atoms with Gasteiger partial charge in [0, 0.05) is 48.1 Å². The molecule has 6 rings (SSSR count). The van der Waals surface area contributed by atoms with Gasteiger partial charge in [-0.25, -0.2) is 4.98 Å². The van der Waals surface area contributed by atoms with Crippen LogP contribution < -0.4 is 0 Å². The Morgan fingerprint density at radius 3 is 2.60 bits per heavy atom. The lowest BCUT2D eigenvalue weighted by Crippen LogP contribution is -2.04. The molecule has 0 atom stereocenters. The first-order valence-electron chi connectivity index (χ1n) is 11.5. The Kier molecular flexibility index (Phi) is 4.98. The number of hydrogen-bond donors (Lipinski definition) is 1. The van der Waals surface area contributed by atoms with Gasteiger partial charge in [0.1, 0.15) is 5.82 Å². The van der Waals surface area contributed by atoms with Crippen molar-refractivity contribution in [3.05, 3.63) is 89.8 Å². The summed E-state index contributed by atoms with van der Waals surface area (Å²) in [5.74, 6) is 0.813. The monoisotopic (exact) mass is 473 g/mol. The predicted octanol–water partition coefficient (Wildman–Crippen LogP) is 6.51. The van der Waals surface area contributed by atoms with E-state index >= 15 is 0 Å². The molecule has 8 heteroatoms. The van der Waals surface area contributed by atoms with Crippen molar-refractivity contribution < 1.29 is 13.2 Å². The second-order valence-corrected chi connectivity index (χ2v) is 9.07. The molecule has 1 fully saturated rings. The molecule has 35 heavy (non-hydrogen) atoms. The number of aryl methyl sites for hydroxylation is 1. The molecule has 4 heterocycles. The van der Waals surface area contributed by atoms with E-state index in [1.165, 1.54) is 17.4 Å². The van der Waals surface area contributed by atoms with Gasteiger partial charge in [-0.05, 0) is 48.6 Å². The van der Waals surface area contributed by atoms with Crippen molar-refractivity contribution in [2.75, 3.05) is 0 Å². The summed E-state index contributed by atoms with van der Waals surface area (Å²) < 4.78 is 40.4. The van der Waals surface area contributed by atoms with Crippen molar-refractivity contribution in [1.29, 1.82) is 0 Å². The molecule has 5 nitrogen and oxygen atoms in total. The number of benzene rings is 1. The molecular formula is C27H22F3N5. The lowest BCUT2D eigenvalue weighted by atomic mass is 10.0. The molecule has 4 aromatic heterocycles. The number of fused-ring (bicyclic) bond motifs is 1. The van der Waals surface area contributed by atoms with Crippen LogP contribution >= 0.6 is 0 Å². The van der Waals surface area contributed by atoms with Crippen molar-refractivity contribution in [2.24, 2.45) is 7.05 Å². The Labute approximate surface area is 199 Å². The zero-order valence-electron chi connectivity index (χ0n) is 19.0. The molecule has 1 saturated carbocycles. The van der Waals surface area contributed by atoms with Gasteiger partial charge in [0.15, 0.2) is 5.69 Å². The molecule has 0 spiro atoms. The number of rotatable bonds is 5. The number of aromatic nitrogens is 5. The highest BCUT2D eigenvalue weighted by Crippen LogP contribution is 2.43. The van der Waals surface area contributed by atoms with Gasteiger partial charge in [-0.1, -0.05) is 24.3 Å². The summed E-state index contributed by atoms with van der Waals surface area (Å²) in [7, 11) is 1.57. The summed E-state index contributed by atoms with van der Waals surface area (Å²) in [5.41, 5.74) is 6.02. The maximum atomic E-state index is 13.0. The minimum atomic E-state index is -4.46. The van der Waals surface area contributed by atoms with Crippen molar-refractivity contribution >= 4 is 10.9 Å². The van der Waals surface area contributed by atoms with E-state index in [0.29, 0.717) is 17.9 Å². The molecule has 1 N–H and O–H groups in total. The number of aromatic amines is 1. The maximum Gasteiger partial charge on any atom is 0.434 e. The largest absolute Gasteiger partial charge is 0.434 e. The highest BCUT2D eigenvalue weighted by molar-refractivity contribution is 5.86. The second kappa shape index (κ2) is 8.08. The molecule has 0 unspecified atom stereocenters. The van der Waals surface area contributed by atoms with E-state index in [1.54, 1.807) is 7.05 Å². The first-order valence-corrected chi connectivity index (χ1v) is 11.5. The third-order valence-electron chi connectivity index (χ3n) is 6.50. The lowest BCUT2D eigenvalue weighted by molar-refractivity contribution is -0.140. The maximum absolute atomic E-state index is 13.0. The number of alkyl halides is 3. The molecule has 1 aromatic carbocycles. The van der Waals surface area contributed by atoms with Crippen LogP contribution in [0, 0.1) is 0 Å². The van der Waals surface area contributed by atoms with Gasteiger partial charge >= 0.3 is 6.18 Å². The Hall–Kier alpha value is -3.94. The van der Waals surface area contributed by atoms with E-state index in [0.717, 1.165) is 45.2 Å². The Morgan fingerprint density at radius 1 is 1.09 bits per heavy atom. The van der Waals surface area contributed by atoms with Crippen LogP contribution in [-0.4, -0.2) is 24.5 Å². The number of hydrogen-bond acceptors (Lipinski definition) is 3. The third-order valence-corrected chi connectivity index (χ3v) is 6.50. The minimum Gasteiger partial charge on any atom is -0.360 e. The quantitative estimate of drug-likeness (QED) is 0.316. The van der Waals surface area contributed by atoms with Gasteiger partial charge in [0.2, 0.25) is 0 Å². The average Bonchev–Trinajstić information content (AvgIpc) is 3.51.